The molecule has 0 aromatic rings. The van der Waals surface area contributed by atoms with Gasteiger partial charge in [-0.3, -0.25) is 0 Å². The highest BCUT2D eigenvalue weighted by molar-refractivity contribution is 5.81. The topological polar surface area (TPSA) is 75.7 Å². The second-order valence-corrected chi connectivity index (χ2v) is 8.28. The average Bonchev–Trinajstić information content (AvgIpc) is 3.06. The monoisotopic (exact) mass is 406 g/mol. The maximum Gasteiger partial charge on any atom is 0.360 e. The molecule has 1 aliphatic rings. The Morgan fingerprint density at radius 1 is 1.00 bits per heavy atom. The fraction of sp³-hybridized carbons (Fsp3) is 0.750. The van der Waals surface area contributed by atoms with Crippen molar-refractivity contribution < 1.29 is 14.4 Å². The lowest BCUT2D eigenvalue weighted by atomic mass is 10.1. The summed E-state index contributed by atoms with van der Waals surface area (Å²) in [7, 11) is 0. The first-order chi connectivity index (χ1) is 14.1. The van der Waals surface area contributed by atoms with Crippen LogP contribution in [-0.2, 0) is 4.79 Å². The van der Waals surface area contributed by atoms with Crippen LogP contribution in [0.5, 0.6) is 0 Å². The van der Waals surface area contributed by atoms with Gasteiger partial charge in [-0.25, -0.2) is 14.3 Å². The van der Waals surface area contributed by atoms with E-state index in [4.69, 9.17) is 5.73 Å². The van der Waals surface area contributed by atoms with Gasteiger partial charge in [0, 0.05) is 13.0 Å². The molecule has 0 radical (unpaired) electrons. The van der Waals surface area contributed by atoms with E-state index in [9.17, 15) is 9.90 Å². The van der Waals surface area contributed by atoms with Crippen LogP contribution in [0.3, 0.4) is 0 Å². The van der Waals surface area contributed by atoms with Crippen LogP contribution >= 0.6 is 0 Å². The van der Waals surface area contributed by atoms with E-state index < -0.39 is 5.97 Å². The largest absolute Gasteiger partial charge is 0.477 e. The SMILES string of the molecule is CCCCC/C=C/CCCCCCCCCCC1=NC=C[N+]1(CCN)CC(=O)O. The predicted octanol–water partition coefficient (Wildman–Crippen LogP) is 5.77. The van der Waals surface area contributed by atoms with Gasteiger partial charge in [-0.05, 0) is 32.1 Å². The van der Waals surface area contributed by atoms with E-state index >= 15 is 0 Å². The molecule has 1 atom stereocenters. The maximum atomic E-state index is 11.2. The van der Waals surface area contributed by atoms with E-state index in [1.54, 1.807) is 6.20 Å². The van der Waals surface area contributed by atoms with E-state index in [1.165, 1.54) is 77.0 Å². The van der Waals surface area contributed by atoms with Crippen molar-refractivity contribution in [3.05, 3.63) is 24.6 Å². The lowest BCUT2D eigenvalue weighted by Crippen LogP contribution is -2.52. The zero-order valence-corrected chi connectivity index (χ0v) is 18.7. The molecule has 0 amide bonds. The van der Waals surface area contributed by atoms with E-state index in [0.29, 0.717) is 17.6 Å². The summed E-state index contributed by atoms with van der Waals surface area (Å²) in [5, 5.41) is 9.24. The number of hydrogen-bond donors (Lipinski definition) is 2. The number of carbonyl (C=O) groups is 1. The molecule has 29 heavy (non-hydrogen) atoms. The highest BCUT2D eigenvalue weighted by Crippen LogP contribution is 2.21. The number of aliphatic imine (C=N–C) groups is 1. The van der Waals surface area contributed by atoms with Crippen molar-refractivity contribution in [3.8, 4) is 0 Å². The van der Waals surface area contributed by atoms with E-state index in [0.717, 1.165) is 18.7 Å². The molecule has 5 nitrogen and oxygen atoms in total. The summed E-state index contributed by atoms with van der Waals surface area (Å²) >= 11 is 0. The summed E-state index contributed by atoms with van der Waals surface area (Å²) in [4.78, 5) is 15.7. The number of hydrogen-bond acceptors (Lipinski definition) is 3. The zero-order chi connectivity index (χ0) is 21.2. The summed E-state index contributed by atoms with van der Waals surface area (Å²) in [6, 6.07) is 0. The lowest BCUT2D eigenvalue weighted by Gasteiger charge is -2.30. The molecule has 0 saturated heterocycles. The summed E-state index contributed by atoms with van der Waals surface area (Å²) in [6.07, 6.45) is 25.9. The Kier molecular flexibility index (Phi) is 14.4. The van der Waals surface area contributed by atoms with Gasteiger partial charge in [-0.2, -0.15) is 0 Å². The normalized spacial score (nSPS) is 18.6. The summed E-state index contributed by atoms with van der Waals surface area (Å²) in [5.74, 6) is 0.158. The molecular weight excluding hydrogens is 362 g/mol. The van der Waals surface area contributed by atoms with Gasteiger partial charge in [0.2, 0.25) is 5.84 Å². The molecule has 0 spiro atoms. The molecule has 3 N–H and O–H groups in total. The van der Waals surface area contributed by atoms with Gasteiger partial charge in [-0.15, -0.1) is 0 Å². The first kappa shape index (κ1) is 25.6. The Labute approximate surface area is 178 Å². The fourth-order valence-electron chi connectivity index (χ4n) is 3.99. The highest BCUT2D eigenvalue weighted by Gasteiger charge is 2.36. The molecule has 0 fully saturated rings. The van der Waals surface area contributed by atoms with Crippen molar-refractivity contribution in [1.29, 1.82) is 0 Å². The minimum Gasteiger partial charge on any atom is -0.477 e. The van der Waals surface area contributed by atoms with Crippen LogP contribution in [0.2, 0.25) is 0 Å². The van der Waals surface area contributed by atoms with E-state index in [1.807, 2.05) is 6.20 Å². The third-order valence-corrected chi connectivity index (χ3v) is 5.70. The van der Waals surface area contributed by atoms with Crippen LogP contribution in [-0.4, -0.2) is 41.0 Å². The van der Waals surface area contributed by atoms with Crippen molar-refractivity contribution in [1.82, 2.24) is 0 Å². The number of nitrogens with two attached hydrogens (primary N) is 1. The Hall–Kier alpha value is -1.46. The van der Waals surface area contributed by atoms with E-state index in [-0.39, 0.29) is 6.54 Å². The smallest absolute Gasteiger partial charge is 0.360 e. The number of amidine groups is 1. The second kappa shape index (κ2) is 16.3. The molecule has 0 bridgehead atoms. The van der Waals surface area contributed by atoms with Gasteiger partial charge in [-0.1, -0.05) is 70.4 Å². The molecule has 166 valence electrons. The first-order valence-electron chi connectivity index (χ1n) is 11.8. The maximum absolute atomic E-state index is 11.2. The van der Waals surface area contributed by atoms with Crippen LogP contribution in [0.1, 0.15) is 96.8 Å². The third-order valence-electron chi connectivity index (χ3n) is 5.70. The summed E-state index contributed by atoms with van der Waals surface area (Å²) in [6.45, 7) is 3.36. The molecule has 0 aromatic carbocycles. The molecule has 0 saturated carbocycles. The molecule has 1 rings (SSSR count). The minimum absolute atomic E-state index is 0.0421. The fourth-order valence-corrected chi connectivity index (χ4v) is 3.99. The van der Waals surface area contributed by atoms with Gasteiger partial charge < -0.3 is 10.8 Å². The summed E-state index contributed by atoms with van der Waals surface area (Å²) < 4.78 is 0.304. The number of nitrogens with zero attached hydrogens (tertiary/aromatic N) is 2. The number of aliphatic carboxylic acids is 1. The number of unbranched alkanes of at least 4 members (excludes halogenated alkanes) is 11. The lowest BCUT2D eigenvalue weighted by molar-refractivity contribution is -0.778. The van der Waals surface area contributed by atoms with Gasteiger partial charge in [0.25, 0.3) is 0 Å². The Morgan fingerprint density at radius 3 is 2.17 bits per heavy atom. The van der Waals surface area contributed by atoms with Crippen LogP contribution in [0.15, 0.2) is 29.5 Å². The van der Waals surface area contributed by atoms with Crippen LogP contribution in [0, 0.1) is 0 Å². The first-order valence-corrected chi connectivity index (χ1v) is 11.8. The molecule has 1 aliphatic heterocycles. The van der Waals surface area contributed by atoms with Crippen LogP contribution < -0.4 is 5.73 Å². The average molecular weight is 407 g/mol. The molecular formula is C24H44N3O2+. The van der Waals surface area contributed by atoms with Gasteiger partial charge >= 0.3 is 5.97 Å². The van der Waals surface area contributed by atoms with Gasteiger partial charge in [0.15, 0.2) is 6.54 Å². The quantitative estimate of drug-likeness (QED) is 0.162. The number of carboxylic acids is 1. The highest BCUT2D eigenvalue weighted by atomic mass is 16.4. The zero-order valence-electron chi connectivity index (χ0n) is 18.7. The number of quaternary nitrogens is 1. The van der Waals surface area contributed by atoms with Crippen molar-refractivity contribution in [2.45, 2.75) is 96.8 Å². The van der Waals surface area contributed by atoms with Crippen molar-refractivity contribution >= 4 is 11.8 Å². The van der Waals surface area contributed by atoms with Crippen LogP contribution in [0.25, 0.3) is 0 Å². The summed E-state index contributed by atoms with van der Waals surface area (Å²) in [5.41, 5.74) is 5.72. The molecule has 5 heteroatoms. The molecule has 0 aromatic heterocycles. The number of rotatable bonds is 19. The van der Waals surface area contributed by atoms with Crippen molar-refractivity contribution in [3.63, 3.8) is 0 Å². The van der Waals surface area contributed by atoms with E-state index in [2.05, 4.69) is 24.1 Å². The van der Waals surface area contributed by atoms with Crippen LogP contribution in [0.4, 0.5) is 0 Å². The Balaban J connectivity index is 2.02. The Bertz CT molecular complexity index is 528. The molecule has 0 aliphatic carbocycles. The standard InChI is InChI=1S/C24H43N3O2/c1-2-3-4-5-6-7-8-9-10-11-12-13-14-15-16-17-23-26-19-21-27(23,20-18-25)22-24(28)29/h6-7,19,21H,2-5,8-18,20,22,25H2,1H3/p+1/b7-6+. The van der Waals surface area contributed by atoms with Crippen molar-refractivity contribution in [2.24, 2.45) is 10.7 Å². The van der Waals surface area contributed by atoms with Gasteiger partial charge in [0.1, 0.15) is 12.7 Å². The second-order valence-electron chi connectivity index (χ2n) is 8.28. The molecule has 1 unspecified atom stereocenters. The van der Waals surface area contributed by atoms with Gasteiger partial charge in [0.05, 0.1) is 6.20 Å². The minimum atomic E-state index is -0.801. The number of allylic oxidation sites excluding steroid dienone is 2. The number of carboxylic acid groups (broad SMARTS) is 1. The predicted molar refractivity (Wildman–Crippen MR) is 123 cm³/mol. The third kappa shape index (κ3) is 11.3. The van der Waals surface area contributed by atoms with Crippen molar-refractivity contribution in [2.75, 3.05) is 19.6 Å². The molecule has 1 heterocycles. The Morgan fingerprint density at radius 2 is 1.59 bits per heavy atom.